The molecule has 1 fully saturated rings. The van der Waals surface area contributed by atoms with Gasteiger partial charge in [0.15, 0.2) is 0 Å². The van der Waals surface area contributed by atoms with Gasteiger partial charge in [-0.25, -0.2) is 0 Å². The lowest BCUT2D eigenvalue weighted by Gasteiger charge is -2.10. The first-order valence-corrected chi connectivity index (χ1v) is 7.28. The van der Waals surface area contributed by atoms with Crippen LogP contribution in [0.1, 0.15) is 36.0 Å². The van der Waals surface area contributed by atoms with Crippen LogP contribution in [-0.4, -0.2) is 24.9 Å². The van der Waals surface area contributed by atoms with Crippen molar-refractivity contribution in [3.63, 3.8) is 0 Å². The first-order valence-electron chi connectivity index (χ1n) is 7.28. The molecule has 0 saturated heterocycles. The number of carbonyl (C=O) groups excluding carboxylic acids is 1. The molecule has 1 N–H and O–H groups in total. The summed E-state index contributed by atoms with van der Waals surface area (Å²) >= 11 is 0. The van der Waals surface area contributed by atoms with Gasteiger partial charge in [0, 0.05) is 30.7 Å². The topological polar surface area (TPSA) is 34.0 Å². The second-order valence-corrected chi connectivity index (χ2v) is 5.76. The summed E-state index contributed by atoms with van der Waals surface area (Å²) in [6.45, 7) is 0.780. The molecule has 1 aromatic heterocycles. The van der Waals surface area contributed by atoms with Gasteiger partial charge < -0.3 is 9.88 Å². The maximum absolute atomic E-state index is 12.4. The number of benzene rings is 1. The van der Waals surface area contributed by atoms with E-state index in [0.29, 0.717) is 16.9 Å². The van der Waals surface area contributed by atoms with Crippen LogP contribution in [0, 0.1) is 5.92 Å². The van der Waals surface area contributed by atoms with Crippen molar-refractivity contribution in [2.75, 3.05) is 6.54 Å². The summed E-state index contributed by atoms with van der Waals surface area (Å²) in [7, 11) is 7.97. The number of amides is 1. The minimum atomic E-state index is -0.0135. The number of nitrogens with zero attached hydrogens (tertiary/aromatic N) is 1. The van der Waals surface area contributed by atoms with E-state index in [2.05, 4.69) is 5.32 Å². The van der Waals surface area contributed by atoms with Crippen LogP contribution < -0.4 is 10.8 Å². The molecule has 3 nitrogen and oxygen atoms in total. The highest BCUT2D eigenvalue weighted by atomic mass is 16.1. The molecule has 0 atom stereocenters. The molecule has 1 aliphatic rings. The van der Waals surface area contributed by atoms with Crippen LogP contribution in [0.15, 0.2) is 24.4 Å². The van der Waals surface area contributed by atoms with Crippen molar-refractivity contribution in [2.45, 2.75) is 25.7 Å². The summed E-state index contributed by atoms with van der Waals surface area (Å²) in [6, 6.07) is 5.74. The van der Waals surface area contributed by atoms with Crippen LogP contribution >= 0.6 is 0 Å². The molecule has 0 aliphatic heterocycles. The minimum absolute atomic E-state index is 0.0135. The number of hydrogen-bond acceptors (Lipinski definition) is 1. The zero-order valence-corrected chi connectivity index (χ0v) is 11.9. The van der Waals surface area contributed by atoms with E-state index in [4.69, 9.17) is 7.85 Å². The lowest BCUT2D eigenvalue weighted by molar-refractivity contribution is 0.0949. The normalized spacial score (nSPS) is 15.8. The van der Waals surface area contributed by atoms with E-state index >= 15 is 0 Å². The molecule has 2 radical (unpaired) electrons. The highest BCUT2D eigenvalue weighted by Crippen LogP contribution is 2.24. The molecule has 1 amide bonds. The average Bonchev–Trinajstić information content (AvgIpc) is 3.05. The van der Waals surface area contributed by atoms with Gasteiger partial charge in [-0.05, 0) is 24.8 Å². The standard InChI is InChI=1S/C16H19BN2O/c1-19-10-12(15-13(17)7-4-8-14(15)19)16(20)18-9-11-5-2-3-6-11/h4,7-8,10-11H,2-3,5-6,9H2,1H3,(H,18,20). The Morgan fingerprint density at radius 1 is 1.40 bits per heavy atom. The van der Waals surface area contributed by atoms with Crippen LogP contribution in [-0.2, 0) is 7.05 Å². The quantitative estimate of drug-likeness (QED) is 0.846. The number of aromatic nitrogens is 1. The number of rotatable bonds is 3. The average molecular weight is 266 g/mol. The van der Waals surface area contributed by atoms with Crippen LogP contribution in [0.25, 0.3) is 10.9 Å². The van der Waals surface area contributed by atoms with Crippen LogP contribution in [0.2, 0.25) is 0 Å². The van der Waals surface area contributed by atoms with Gasteiger partial charge in [0.2, 0.25) is 0 Å². The van der Waals surface area contributed by atoms with Gasteiger partial charge in [0.1, 0.15) is 7.85 Å². The second kappa shape index (κ2) is 5.35. The Labute approximate surface area is 120 Å². The van der Waals surface area contributed by atoms with E-state index in [9.17, 15) is 4.79 Å². The summed E-state index contributed by atoms with van der Waals surface area (Å²) < 4.78 is 1.95. The minimum Gasteiger partial charge on any atom is -0.352 e. The fraction of sp³-hybridized carbons (Fsp3) is 0.438. The second-order valence-electron chi connectivity index (χ2n) is 5.76. The third-order valence-electron chi connectivity index (χ3n) is 4.32. The first-order chi connectivity index (χ1) is 9.66. The molecule has 0 unspecified atom stereocenters. The molecule has 0 bridgehead atoms. The largest absolute Gasteiger partial charge is 0.352 e. The number of hydrogen-bond donors (Lipinski definition) is 1. The molecule has 2 aromatic rings. The van der Waals surface area contributed by atoms with Gasteiger partial charge in [-0.3, -0.25) is 4.79 Å². The van der Waals surface area contributed by atoms with Gasteiger partial charge in [-0.15, -0.1) is 0 Å². The van der Waals surface area contributed by atoms with Crippen molar-refractivity contribution in [3.8, 4) is 0 Å². The number of fused-ring (bicyclic) bond motifs is 1. The van der Waals surface area contributed by atoms with E-state index in [-0.39, 0.29) is 5.91 Å². The van der Waals surface area contributed by atoms with Crippen molar-refractivity contribution < 1.29 is 4.79 Å². The Morgan fingerprint density at radius 3 is 2.90 bits per heavy atom. The Kier molecular flexibility index (Phi) is 3.55. The molecule has 1 saturated carbocycles. The molecule has 1 aromatic carbocycles. The van der Waals surface area contributed by atoms with E-state index in [1.165, 1.54) is 25.7 Å². The fourth-order valence-electron chi connectivity index (χ4n) is 3.19. The Bertz CT molecular complexity index is 641. The third kappa shape index (κ3) is 2.35. The van der Waals surface area contributed by atoms with E-state index in [1.54, 1.807) is 0 Å². The highest BCUT2D eigenvalue weighted by molar-refractivity contribution is 6.40. The predicted molar refractivity (Wildman–Crippen MR) is 82.6 cm³/mol. The molecule has 4 heteroatoms. The summed E-state index contributed by atoms with van der Waals surface area (Å²) in [5.41, 5.74) is 2.34. The van der Waals surface area contributed by atoms with Crippen LogP contribution in [0.5, 0.6) is 0 Å². The van der Waals surface area contributed by atoms with E-state index in [0.717, 1.165) is 17.4 Å². The molecule has 1 aliphatic carbocycles. The number of nitrogens with one attached hydrogen (secondary N) is 1. The molecule has 3 rings (SSSR count). The third-order valence-corrected chi connectivity index (χ3v) is 4.32. The van der Waals surface area contributed by atoms with Gasteiger partial charge >= 0.3 is 0 Å². The van der Waals surface area contributed by atoms with Crippen molar-refractivity contribution in [3.05, 3.63) is 30.0 Å². The number of aryl methyl sites for hydroxylation is 1. The Hall–Kier alpha value is -1.71. The van der Waals surface area contributed by atoms with Gasteiger partial charge in [-0.1, -0.05) is 30.4 Å². The van der Waals surface area contributed by atoms with E-state index < -0.39 is 0 Å². The maximum Gasteiger partial charge on any atom is 0.253 e. The molecular weight excluding hydrogens is 247 g/mol. The maximum atomic E-state index is 12.4. The van der Waals surface area contributed by atoms with Crippen molar-refractivity contribution in [1.82, 2.24) is 9.88 Å². The SMILES string of the molecule is [B]c1cccc2c1c(C(=O)NCC1CCCC1)cn2C. The smallest absolute Gasteiger partial charge is 0.253 e. The molecule has 102 valence electrons. The molecule has 1 heterocycles. The zero-order chi connectivity index (χ0) is 14.1. The lowest BCUT2D eigenvalue weighted by atomic mass is 9.90. The van der Waals surface area contributed by atoms with Crippen LogP contribution in [0.3, 0.4) is 0 Å². The summed E-state index contributed by atoms with van der Waals surface area (Å²) in [5, 5.41) is 3.93. The Morgan fingerprint density at radius 2 is 2.15 bits per heavy atom. The predicted octanol–water partition coefficient (Wildman–Crippen LogP) is 1.89. The fourth-order valence-corrected chi connectivity index (χ4v) is 3.19. The molecule has 0 spiro atoms. The zero-order valence-electron chi connectivity index (χ0n) is 11.9. The van der Waals surface area contributed by atoms with Crippen molar-refractivity contribution in [2.24, 2.45) is 13.0 Å². The summed E-state index contributed by atoms with van der Waals surface area (Å²) in [6.07, 6.45) is 6.92. The number of carbonyl (C=O) groups is 1. The highest BCUT2D eigenvalue weighted by Gasteiger charge is 2.18. The van der Waals surface area contributed by atoms with E-state index in [1.807, 2.05) is 36.0 Å². The lowest BCUT2D eigenvalue weighted by Crippen LogP contribution is -2.28. The summed E-state index contributed by atoms with van der Waals surface area (Å²) in [5.74, 6) is 0.631. The molecule has 20 heavy (non-hydrogen) atoms. The Balaban J connectivity index is 1.84. The molecular formula is C16H19BN2O. The van der Waals surface area contributed by atoms with Gasteiger partial charge in [0.25, 0.3) is 5.91 Å². The first kappa shape index (κ1) is 13.3. The van der Waals surface area contributed by atoms with Crippen molar-refractivity contribution >= 4 is 30.1 Å². The van der Waals surface area contributed by atoms with Gasteiger partial charge in [-0.2, -0.15) is 0 Å². The van der Waals surface area contributed by atoms with Gasteiger partial charge in [0.05, 0.1) is 5.56 Å². The van der Waals surface area contributed by atoms with Crippen molar-refractivity contribution in [1.29, 1.82) is 0 Å². The monoisotopic (exact) mass is 266 g/mol. The van der Waals surface area contributed by atoms with Crippen LogP contribution in [0.4, 0.5) is 0 Å². The summed E-state index contributed by atoms with van der Waals surface area (Å²) in [4.78, 5) is 12.4.